The Morgan fingerprint density at radius 1 is 1.12 bits per heavy atom. The first-order chi connectivity index (χ1) is 7.93. The van der Waals surface area contributed by atoms with E-state index in [1.165, 1.54) is 0 Å². The summed E-state index contributed by atoms with van der Waals surface area (Å²) in [7, 11) is 0. The molecule has 2 rings (SSSR count). The van der Waals surface area contributed by atoms with Gasteiger partial charge in [0.1, 0.15) is 5.84 Å². The Morgan fingerprint density at radius 3 is 2.00 bits per heavy atom. The lowest BCUT2D eigenvalue weighted by Gasteiger charge is -1.94. The van der Waals surface area contributed by atoms with E-state index in [2.05, 4.69) is 4.99 Å². The maximum Gasteiger partial charge on any atom is 0.414 e. The number of nitrogens with zero attached hydrogens (tertiary/aromatic N) is 1. The third kappa shape index (κ3) is 2.88. The van der Waals surface area contributed by atoms with E-state index in [9.17, 15) is 0 Å². The zero-order valence-corrected chi connectivity index (χ0v) is 8.54. The number of benzene rings is 1. The Kier molecular flexibility index (Phi) is 3.55. The second kappa shape index (κ2) is 4.88. The van der Waals surface area contributed by atoms with Gasteiger partial charge in [-0.15, -0.1) is 0 Å². The molecule has 0 unspecified atom stereocenters. The van der Waals surface area contributed by atoms with E-state index in [1.54, 1.807) is 0 Å². The Morgan fingerprint density at radius 2 is 1.59 bits per heavy atom. The molecule has 0 aliphatic carbocycles. The fourth-order valence-corrected chi connectivity index (χ4v) is 1.15. The molecule has 0 aromatic heterocycles. The maximum atomic E-state index is 9.10. The van der Waals surface area contributed by atoms with Gasteiger partial charge >= 0.3 is 11.9 Å². The molecule has 0 atom stereocenters. The minimum Gasteiger partial charge on any atom is -0.473 e. The number of nitrogens with two attached hydrogens (primary N) is 1. The van der Waals surface area contributed by atoms with Crippen molar-refractivity contribution in [2.24, 2.45) is 10.7 Å². The van der Waals surface area contributed by atoms with Gasteiger partial charge < -0.3 is 15.9 Å². The fraction of sp³-hybridized carbons (Fsp3) is 0. The summed E-state index contributed by atoms with van der Waals surface area (Å²) in [6, 6.07) is 7.48. The molecule has 0 fully saturated rings. The second-order valence-corrected chi connectivity index (χ2v) is 3.00. The SMILES string of the molecule is N=C1N=C(N)c2ccccc21.O=C(O)C(=O)O. The van der Waals surface area contributed by atoms with Crippen LogP contribution < -0.4 is 5.73 Å². The first-order valence-electron chi connectivity index (χ1n) is 4.42. The molecule has 0 saturated carbocycles. The molecular formula is C10H9N3O4. The summed E-state index contributed by atoms with van der Waals surface area (Å²) < 4.78 is 0. The van der Waals surface area contributed by atoms with Crippen LogP contribution in [0.3, 0.4) is 0 Å². The van der Waals surface area contributed by atoms with Crippen LogP contribution in [0.5, 0.6) is 0 Å². The standard InChI is InChI=1S/C8H7N3.C2H2O4/c9-7-5-3-1-2-4-6(5)8(10)11-7;3-1(4)2(5)6/h1-4H,(H3,9,10,11);(H,3,4)(H,5,6). The van der Waals surface area contributed by atoms with Gasteiger partial charge in [-0.1, -0.05) is 24.3 Å². The molecule has 88 valence electrons. The van der Waals surface area contributed by atoms with E-state index < -0.39 is 11.9 Å². The molecule has 7 nitrogen and oxygen atoms in total. The minimum absolute atomic E-state index is 0.262. The van der Waals surface area contributed by atoms with Gasteiger partial charge in [-0.3, -0.25) is 5.41 Å². The lowest BCUT2D eigenvalue weighted by atomic mass is 10.1. The zero-order valence-electron chi connectivity index (χ0n) is 8.54. The van der Waals surface area contributed by atoms with Crippen molar-refractivity contribution in [3.63, 3.8) is 0 Å². The summed E-state index contributed by atoms with van der Waals surface area (Å²) in [5.74, 6) is -2.94. The monoisotopic (exact) mass is 235 g/mol. The number of carboxylic acids is 2. The van der Waals surface area contributed by atoms with Crippen molar-refractivity contribution in [1.82, 2.24) is 0 Å². The maximum absolute atomic E-state index is 9.10. The molecule has 0 amide bonds. The summed E-state index contributed by atoms with van der Waals surface area (Å²) in [5.41, 5.74) is 7.24. The quantitative estimate of drug-likeness (QED) is 0.465. The summed E-state index contributed by atoms with van der Waals surface area (Å²) >= 11 is 0. The van der Waals surface area contributed by atoms with E-state index >= 15 is 0 Å². The van der Waals surface area contributed by atoms with Gasteiger partial charge in [0.2, 0.25) is 0 Å². The molecule has 1 heterocycles. The van der Waals surface area contributed by atoms with Crippen molar-refractivity contribution >= 4 is 23.6 Å². The fourth-order valence-electron chi connectivity index (χ4n) is 1.15. The van der Waals surface area contributed by atoms with E-state index in [0.717, 1.165) is 11.1 Å². The van der Waals surface area contributed by atoms with Crippen molar-refractivity contribution < 1.29 is 19.8 Å². The van der Waals surface area contributed by atoms with Gasteiger partial charge in [0.15, 0.2) is 5.84 Å². The molecular weight excluding hydrogens is 226 g/mol. The second-order valence-electron chi connectivity index (χ2n) is 3.00. The van der Waals surface area contributed by atoms with Crippen LogP contribution in [0.25, 0.3) is 0 Å². The van der Waals surface area contributed by atoms with Gasteiger partial charge in [-0.05, 0) is 0 Å². The lowest BCUT2D eigenvalue weighted by Crippen LogP contribution is -2.09. The third-order valence-electron chi connectivity index (χ3n) is 1.87. The van der Waals surface area contributed by atoms with Crippen LogP contribution in [0.1, 0.15) is 11.1 Å². The first-order valence-corrected chi connectivity index (χ1v) is 4.42. The third-order valence-corrected chi connectivity index (χ3v) is 1.87. The van der Waals surface area contributed by atoms with Crippen molar-refractivity contribution in [1.29, 1.82) is 5.41 Å². The van der Waals surface area contributed by atoms with Crippen LogP contribution in [0, 0.1) is 5.41 Å². The normalized spacial score (nSPS) is 12.0. The van der Waals surface area contributed by atoms with E-state index in [1.807, 2.05) is 24.3 Å². The van der Waals surface area contributed by atoms with Crippen LogP contribution in [0.15, 0.2) is 29.3 Å². The number of hydrogen-bond acceptors (Lipinski definition) is 4. The average molecular weight is 235 g/mol. The molecule has 0 saturated heterocycles. The molecule has 1 aliphatic heterocycles. The van der Waals surface area contributed by atoms with Gasteiger partial charge in [0.25, 0.3) is 0 Å². The number of hydrogen-bond donors (Lipinski definition) is 4. The van der Waals surface area contributed by atoms with Crippen LogP contribution in [0.2, 0.25) is 0 Å². The number of carboxylic acid groups (broad SMARTS) is 2. The van der Waals surface area contributed by atoms with Gasteiger partial charge in [0, 0.05) is 11.1 Å². The highest BCUT2D eigenvalue weighted by atomic mass is 16.4. The molecule has 7 heteroatoms. The Balaban J connectivity index is 0.000000209. The van der Waals surface area contributed by atoms with Crippen LogP contribution in [-0.4, -0.2) is 33.8 Å². The van der Waals surface area contributed by atoms with Crippen LogP contribution >= 0.6 is 0 Å². The van der Waals surface area contributed by atoms with E-state index in [-0.39, 0.29) is 5.84 Å². The molecule has 1 aromatic carbocycles. The summed E-state index contributed by atoms with van der Waals surface area (Å²) in [5, 5.41) is 22.2. The van der Waals surface area contributed by atoms with Crippen molar-refractivity contribution in [2.75, 3.05) is 0 Å². The van der Waals surface area contributed by atoms with Gasteiger partial charge in [0.05, 0.1) is 0 Å². The molecule has 1 aromatic rings. The van der Waals surface area contributed by atoms with Crippen molar-refractivity contribution in [3.8, 4) is 0 Å². The summed E-state index contributed by atoms with van der Waals surface area (Å²) in [6.45, 7) is 0. The largest absolute Gasteiger partial charge is 0.473 e. The van der Waals surface area contributed by atoms with Gasteiger partial charge in [-0.25, -0.2) is 14.6 Å². The van der Waals surface area contributed by atoms with Crippen molar-refractivity contribution in [2.45, 2.75) is 0 Å². The van der Waals surface area contributed by atoms with Crippen LogP contribution in [-0.2, 0) is 9.59 Å². The molecule has 0 bridgehead atoms. The lowest BCUT2D eigenvalue weighted by molar-refractivity contribution is -0.159. The molecule has 17 heavy (non-hydrogen) atoms. The van der Waals surface area contributed by atoms with E-state index in [0.29, 0.717) is 5.84 Å². The highest BCUT2D eigenvalue weighted by Crippen LogP contribution is 2.15. The Hall–Kier alpha value is -2.70. The molecule has 0 radical (unpaired) electrons. The smallest absolute Gasteiger partial charge is 0.414 e. The highest BCUT2D eigenvalue weighted by molar-refractivity contribution is 6.27. The van der Waals surface area contributed by atoms with Crippen LogP contribution in [0.4, 0.5) is 0 Å². The number of nitrogens with one attached hydrogen (secondary N) is 1. The number of aliphatic imine (C=N–C) groups is 1. The number of rotatable bonds is 0. The van der Waals surface area contributed by atoms with E-state index in [4.69, 9.17) is 30.9 Å². The zero-order chi connectivity index (χ0) is 13.0. The molecule has 1 aliphatic rings. The Bertz CT molecular complexity index is 510. The number of carbonyl (C=O) groups is 2. The summed E-state index contributed by atoms with van der Waals surface area (Å²) in [6.07, 6.45) is 0. The predicted octanol–water partition coefficient (Wildman–Crippen LogP) is -0.114. The van der Waals surface area contributed by atoms with Gasteiger partial charge in [-0.2, -0.15) is 0 Å². The molecule has 5 N–H and O–H groups in total. The first kappa shape index (κ1) is 12.4. The minimum atomic E-state index is -1.82. The molecule has 0 spiro atoms. The number of fused-ring (bicyclic) bond motifs is 1. The number of aliphatic carboxylic acids is 2. The predicted molar refractivity (Wildman–Crippen MR) is 59.3 cm³/mol. The Labute approximate surface area is 95.7 Å². The average Bonchev–Trinajstić information content (AvgIpc) is 2.56. The van der Waals surface area contributed by atoms with Crippen molar-refractivity contribution in [3.05, 3.63) is 35.4 Å². The summed E-state index contributed by atoms with van der Waals surface area (Å²) in [4.78, 5) is 22.0. The highest BCUT2D eigenvalue weighted by Gasteiger charge is 2.16. The topological polar surface area (TPSA) is 137 Å². The number of amidine groups is 2.